The molecule has 0 radical (unpaired) electrons. The lowest BCUT2D eigenvalue weighted by molar-refractivity contribution is -0.191. The topological polar surface area (TPSA) is 92.7 Å². The van der Waals surface area contributed by atoms with Crippen LogP contribution < -0.4 is 5.32 Å². The van der Waals surface area contributed by atoms with Crippen LogP contribution in [0.5, 0.6) is 5.75 Å². The molecule has 0 aliphatic carbocycles. The van der Waals surface area contributed by atoms with Gasteiger partial charge in [0.15, 0.2) is 0 Å². The zero-order valence-corrected chi connectivity index (χ0v) is 14.1. The molecule has 6 nitrogen and oxygen atoms in total. The molecular formula is C17H25NO5. The summed E-state index contributed by atoms with van der Waals surface area (Å²) in [6, 6.07) is 7.10. The molecule has 0 aromatic heterocycles. The van der Waals surface area contributed by atoms with E-state index in [9.17, 15) is 9.90 Å². The van der Waals surface area contributed by atoms with Gasteiger partial charge in [-0.2, -0.15) is 9.59 Å². The number of carbonyl (C=O) groups excluding carboxylic acids is 3. The lowest BCUT2D eigenvalue weighted by Gasteiger charge is -2.23. The minimum atomic E-state index is -0.487. The molecule has 23 heavy (non-hydrogen) atoms. The quantitative estimate of drug-likeness (QED) is 0.869. The molecule has 2 N–H and O–H groups in total. The number of phenols is 1. The Morgan fingerprint density at radius 3 is 2.22 bits per heavy atom. The Bertz CT molecular complexity index is 499. The van der Waals surface area contributed by atoms with Crippen LogP contribution in [0.4, 0.5) is 4.79 Å². The number of amides is 1. The van der Waals surface area contributed by atoms with E-state index >= 15 is 0 Å². The molecular weight excluding hydrogens is 298 g/mol. The van der Waals surface area contributed by atoms with Crippen LogP contribution in [0.25, 0.3) is 0 Å². The molecule has 0 aliphatic rings. The van der Waals surface area contributed by atoms with Gasteiger partial charge in [0.1, 0.15) is 11.4 Å². The molecule has 0 saturated heterocycles. The number of alkyl carbamates (subject to hydrolysis) is 1. The van der Waals surface area contributed by atoms with Gasteiger partial charge >= 0.3 is 12.2 Å². The first-order valence-corrected chi connectivity index (χ1v) is 7.48. The summed E-state index contributed by atoms with van der Waals surface area (Å²) in [6.45, 7) is 7.63. The summed E-state index contributed by atoms with van der Waals surface area (Å²) >= 11 is 0. The van der Waals surface area contributed by atoms with E-state index in [0.717, 1.165) is 24.8 Å². The van der Waals surface area contributed by atoms with Gasteiger partial charge in [-0.05, 0) is 51.3 Å². The number of nitrogens with one attached hydrogen (secondary N) is 1. The van der Waals surface area contributed by atoms with Crippen molar-refractivity contribution < 1.29 is 24.2 Å². The molecule has 6 heteroatoms. The third-order valence-corrected chi connectivity index (χ3v) is 2.78. The first-order valence-electron chi connectivity index (χ1n) is 7.48. The summed E-state index contributed by atoms with van der Waals surface area (Å²) in [5.41, 5.74) is 0.594. The highest BCUT2D eigenvalue weighted by Gasteiger charge is 2.19. The van der Waals surface area contributed by atoms with Crippen molar-refractivity contribution in [3.05, 3.63) is 29.8 Å². The lowest BCUT2D eigenvalue weighted by Crippen LogP contribution is -2.40. The van der Waals surface area contributed by atoms with Crippen LogP contribution in [0.1, 0.15) is 46.1 Å². The van der Waals surface area contributed by atoms with Gasteiger partial charge in [0.2, 0.25) is 0 Å². The van der Waals surface area contributed by atoms with E-state index in [4.69, 9.17) is 14.3 Å². The second-order valence-electron chi connectivity index (χ2n) is 6.09. The number of rotatable bonds is 5. The van der Waals surface area contributed by atoms with E-state index in [1.165, 1.54) is 0 Å². The summed E-state index contributed by atoms with van der Waals surface area (Å²) in [6.07, 6.45) is 2.47. The molecule has 0 unspecified atom stereocenters. The van der Waals surface area contributed by atoms with Crippen molar-refractivity contribution in [3.8, 4) is 5.75 Å². The average molecular weight is 323 g/mol. The van der Waals surface area contributed by atoms with E-state index in [-0.39, 0.29) is 24.0 Å². The van der Waals surface area contributed by atoms with Gasteiger partial charge in [0, 0.05) is 6.04 Å². The van der Waals surface area contributed by atoms with E-state index in [1.807, 2.05) is 32.9 Å². The van der Waals surface area contributed by atoms with Crippen LogP contribution >= 0.6 is 0 Å². The number of phenolic OH excluding ortho intramolecular Hbond substituents is 1. The highest BCUT2D eigenvalue weighted by atomic mass is 16.6. The molecule has 1 atom stereocenters. The van der Waals surface area contributed by atoms with E-state index < -0.39 is 5.60 Å². The molecule has 0 saturated carbocycles. The number of ether oxygens (including phenoxy) is 1. The van der Waals surface area contributed by atoms with Gasteiger partial charge in [-0.25, -0.2) is 4.79 Å². The second-order valence-corrected chi connectivity index (χ2v) is 6.09. The molecule has 1 aromatic rings. The van der Waals surface area contributed by atoms with Crippen molar-refractivity contribution in [2.24, 2.45) is 0 Å². The van der Waals surface area contributed by atoms with E-state index in [2.05, 4.69) is 12.2 Å². The summed E-state index contributed by atoms with van der Waals surface area (Å²) < 4.78 is 5.28. The maximum absolute atomic E-state index is 11.8. The normalized spacial score (nSPS) is 11.5. The zero-order valence-electron chi connectivity index (χ0n) is 14.1. The summed E-state index contributed by atoms with van der Waals surface area (Å²) in [4.78, 5) is 28.1. The number of hydrogen-bond donors (Lipinski definition) is 2. The number of hydrogen-bond acceptors (Lipinski definition) is 5. The van der Waals surface area contributed by atoms with E-state index in [1.54, 1.807) is 12.1 Å². The van der Waals surface area contributed by atoms with Crippen LogP contribution in [0.2, 0.25) is 0 Å². The minimum Gasteiger partial charge on any atom is -0.508 e. The van der Waals surface area contributed by atoms with Gasteiger partial charge in [0.25, 0.3) is 0 Å². The fraction of sp³-hybridized carbons (Fsp3) is 0.529. The van der Waals surface area contributed by atoms with Crippen molar-refractivity contribution in [3.63, 3.8) is 0 Å². The van der Waals surface area contributed by atoms with Gasteiger partial charge in [-0.15, -0.1) is 0 Å². The van der Waals surface area contributed by atoms with Crippen molar-refractivity contribution >= 4 is 12.2 Å². The Morgan fingerprint density at radius 2 is 1.78 bits per heavy atom. The Hall–Kier alpha value is -2.33. The first kappa shape index (κ1) is 20.7. The Morgan fingerprint density at radius 1 is 1.26 bits per heavy atom. The van der Waals surface area contributed by atoms with Gasteiger partial charge < -0.3 is 15.2 Å². The van der Waals surface area contributed by atoms with Crippen LogP contribution in [-0.4, -0.2) is 29.0 Å². The summed E-state index contributed by atoms with van der Waals surface area (Å²) in [5, 5.41) is 12.2. The third-order valence-electron chi connectivity index (χ3n) is 2.78. The number of carbonyl (C=O) groups is 1. The predicted octanol–water partition coefficient (Wildman–Crippen LogP) is 3.04. The molecule has 1 aromatic carbocycles. The highest BCUT2D eigenvalue weighted by molar-refractivity contribution is 5.68. The van der Waals surface area contributed by atoms with Crippen LogP contribution in [0.15, 0.2) is 24.3 Å². The highest BCUT2D eigenvalue weighted by Crippen LogP contribution is 2.14. The molecule has 1 amide bonds. The van der Waals surface area contributed by atoms with Gasteiger partial charge in [-0.1, -0.05) is 25.5 Å². The lowest BCUT2D eigenvalue weighted by atomic mass is 10.0. The molecule has 1 rings (SSSR count). The Balaban J connectivity index is 0.00000149. The molecule has 128 valence electrons. The van der Waals surface area contributed by atoms with Crippen molar-refractivity contribution in [2.45, 2.75) is 58.6 Å². The smallest absolute Gasteiger partial charge is 0.407 e. The Kier molecular flexibility index (Phi) is 9.35. The third kappa shape index (κ3) is 11.0. The van der Waals surface area contributed by atoms with Crippen molar-refractivity contribution in [2.75, 3.05) is 0 Å². The van der Waals surface area contributed by atoms with Crippen molar-refractivity contribution in [1.29, 1.82) is 0 Å². The van der Waals surface area contributed by atoms with Gasteiger partial charge in [-0.3, -0.25) is 0 Å². The summed E-state index contributed by atoms with van der Waals surface area (Å²) in [7, 11) is 0. The van der Waals surface area contributed by atoms with Crippen LogP contribution in [-0.2, 0) is 20.7 Å². The zero-order chi connectivity index (χ0) is 17.9. The fourth-order valence-corrected chi connectivity index (χ4v) is 1.96. The Labute approximate surface area is 136 Å². The molecule has 0 aliphatic heterocycles. The average Bonchev–Trinajstić information content (AvgIpc) is 2.40. The van der Waals surface area contributed by atoms with E-state index in [0.29, 0.717) is 0 Å². The SMILES string of the molecule is CCC[C@H](Cc1ccc(O)cc1)NC(=O)OC(C)(C)C.O=C=O. The standard InChI is InChI=1S/C16H25NO3.CO2/c1-5-6-13(17-15(19)20-16(2,3)4)11-12-7-9-14(18)10-8-12;2-1-3/h7-10,13,18H,5-6,11H2,1-4H3,(H,17,19);/t13-;/m1./s1. The second kappa shape index (κ2) is 10.4. The molecule has 0 heterocycles. The summed E-state index contributed by atoms with van der Waals surface area (Å²) in [5.74, 6) is 0.251. The maximum Gasteiger partial charge on any atom is 0.407 e. The van der Waals surface area contributed by atoms with Gasteiger partial charge in [0.05, 0.1) is 0 Å². The van der Waals surface area contributed by atoms with Crippen LogP contribution in [0.3, 0.4) is 0 Å². The van der Waals surface area contributed by atoms with Crippen molar-refractivity contribution in [1.82, 2.24) is 5.32 Å². The molecule has 0 spiro atoms. The number of aromatic hydroxyl groups is 1. The maximum atomic E-state index is 11.8. The monoisotopic (exact) mass is 323 g/mol. The largest absolute Gasteiger partial charge is 0.508 e. The fourth-order valence-electron chi connectivity index (χ4n) is 1.96. The first-order chi connectivity index (χ1) is 10.7. The number of benzene rings is 1. The minimum absolute atomic E-state index is 0.0411. The van der Waals surface area contributed by atoms with Crippen LogP contribution in [0, 0.1) is 0 Å². The molecule has 0 bridgehead atoms. The predicted molar refractivity (Wildman–Crippen MR) is 84.9 cm³/mol. The molecule has 0 fully saturated rings.